The van der Waals surface area contributed by atoms with E-state index in [0.717, 1.165) is 22.7 Å². The smallest absolute Gasteiger partial charge is 0.310 e. The lowest BCUT2D eigenvalue weighted by Crippen LogP contribution is -2.24. The summed E-state index contributed by atoms with van der Waals surface area (Å²) in [5, 5.41) is 3.98. The minimum Gasteiger partial charge on any atom is -0.466 e. The first-order valence-electron chi connectivity index (χ1n) is 6.27. The molecule has 2 unspecified atom stereocenters. The lowest BCUT2D eigenvalue weighted by atomic mass is 9.88. The molecule has 0 aliphatic carbocycles. The second-order valence-corrected chi connectivity index (χ2v) is 5.06. The summed E-state index contributed by atoms with van der Waals surface area (Å²) in [5.74, 6) is -0.161. The molecule has 0 aromatic heterocycles. The molecule has 1 aromatic carbocycles. The number of hydrogen-bond donors (Lipinski definition) is 1. The van der Waals surface area contributed by atoms with Crippen molar-refractivity contribution in [3.63, 3.8) is 0 Å². The Kier molecular flexibility index (Phi) is 4.25. The third-order valence-electron chi connectivity index (χ3n) is 3.36. The quantitative estimate of drug-likeness (QED) is 0.856. The second-order valence-electron chi connectivity index (χ2n) is 4.65. The summed E-state index contributed by atoms with van der Waals surface area (Å²) in [5.41, 5.74) is 2.16. The molecule has 0 amide bonds. The maximum atomic E-state index is 11.9. The summed E-state index contributed by atoms with van der Waals surface area (Å²) in [7, 11) is 0. The van der Waals surface area contributed by atoms with Gasteiger partial charge in [0.2, 0.25) is 0 Å². The Morgan fingerprint density at radius 1 is 1.50 bits per heavy atom. The van der Waals surface area contributed by atoms with E-state index in [1.165, 1.54) is 0 Å². The van der Waals surface area contributed by atoms with Crippen LogP contribution in [0.25, 0.3) is 0 Å². The Bertz CT molecular complexity index is 447. The van der Waals surface area contributed by atoms with Gasteiger partial charge in [-0.1, -0.05) is 23.7 Å². The summed E-state index contributed by atoms with van der Waals surface area (Å²) < 4.78 is 5.12. The first-order valence-corrected chi connectivity index (χ1v) is 6.64. The number of esters is 1. The predicted molar refractivity (Wildman–Crippen MR) is 71.9 cm³/mol. The van der Waals surface area contributed by atoms with Crippen LogP contribution in [-0.2, 0) is 9.53 Å². The van der Waals surface area contributed by atoms with Crippen LogP contribution in [0.1, 0.15) is 24.0 Å². The molecule has 1 heterocycles. The zero-order valence-electron chi connectivity index (χ0n) is 10.7. The SMILES string of the molecule is CCOC(=O)C1CNCC1c1ccc(C)cc1Cl. The van der Waals surface area contributed by atoms with Crippen LogP contribution in [0.2, 0.25) is 5.02 Å². The highest BCUT2D eigenvalue weighted by atomic mass is 35.5. The van der Waals surface area contributed by atoms with Crippen LogP contribution in [0.15, 0.2) is 18.2 Å². The van der Waals surface area contributed by atoms with Crippen molar-refractivity contribution >= 4 is 17.6 Å². The van der Waals surface area contributed by atoms with Gasteiger partial charge in [0, 0.05) is 24.0 Å². The lowest BCUT2D eigenvalue weighted by molar-refractivity contribution is -0.147. The van der Waals surface area contributed by atoms with Gasteiger partial charge in [0.05, 0.1) is 12.5 Å². The van der Waals surface area contributed by atoms with E-state index in [1.54, 1.807) is 0 Å². The topological polar surface area (TPSA) is 38.3 Å². The molecule has 98 valence electrons. The van der Waals surface area contributed by atoms with E-state index >= 15 is 0 Å². The number of ether oxygens (including phenoxy) is 1. The molecule has 1 aliphatic rings. The molecular weight excluding hydrogens is 250 g/mol. The summed E-state index contributed by atoms with van der Waals surface area (Å²) in [4.78, 5) is 11.9. The van der Waals surface area contributed by atoms with Gasteiger partial charge in [-0.25, -0.2) is 0 Å². The van der Waals surface area contributed by atoms with Crippen molar-refractivity contribution in [1.29, 1.82) is 0 Å². The van der Waals surface area contributed by atoms with E-state index in [0.29, 0.717) is 13.2 Å². The van der Waals surface area contributed by atoms with Crippen molar-refractivity contribution in [2.24, 2.45) is 5.92 Å². The van der Waals surface area contributed by atoms with Crippen LogP contribution in [0.5, 0.6) is 0 Å². The standard InChI is InChI=1S/C14H18ClNO2/c1-3-18-14(17)12-8-16-7-11(12)10-5-4-9(2)6-13(10)15/h4-6,11-12,16H,3,7-8H2,1-2H3. The van der Waals surface area contributed by atoms with Crippen LogP contribution in [0, 0.1) is 12.8 Å². The highest BCUT2D eigenvalue weighted by Gasteiger charge is 2.35. The second kappa shape index (κ2) is 5.72. The van der Waals surface area contributed by atoms with Crippen molar-refractivity contribution in [1.82, 2.24) is 5.32 Å². The van der Waals surface area contributed by atoms with Gasteiger partial charge in [0.1, 0.15) is 0 Å². The number of carbonyl (C=O) groups excluding carboxylic acids is 1. The molecule has 1 saturated heterocycles. The number of halogens is 1. The third kappa shape index (κ3) is 2.68. The average Bonchev–Trinajstić information content (AvgIpc) is 2.78. The lowest BCUT2D eigenvalue weighted by Gasteiger charge is -2.18. The number of aryl methyl sites for hydroxylation is 1. The molecular formula is C14H18ClNO2. The van der Waals surface area contributed by atoms with Gasteiger partial charge in [0.15, 0.2) is 0 Å². The van der Waals surface area contributed by atoms with E-state index < -0.39 is 0 Å². The molecule has 0 bridgehead atoms. The van der Waals surface area contributed by atoms with E-state index in [9.17, 15) is 4.79 Å². The first-order chi connectivity index (χ1) is 8.63. The monoisotopic (exact) mass is 267 g/mol. The highest BCUT2D eigenvalue weighted by Crippen LogP contribution is 2.34. The predicted octanol–water partition coefficient (Wildman–Crippen LogP) is 2.51. The van der Waals surface area contributed by atoms with Crippen LogP contribution < -0.4 is 5.32 Å². The Balaban J connectivity index is 2.23. The Hall–Kier alpha value is -1.06. The van der Waals surface area contributed by atoms with Gasteiger partial charge in [-0.2, -0.15) is 0 Å². The fraction of sp³-hybridized carbons (Fsp3) is 0.500. The van der Waals surface area contributed by atoms with Gasteiger partial charge < -0.3 is 10.1 Å². The number of nitrogens with one attached hydrogen (secondary N) is 1. The molecule has 1 N–H and O–H groups in total. The average molecular weight is 268 g/mol. The van der Waals surface area contributed by atoms with Crippen LogP contribution in [0.4, 0.5) is 0 Å². The Morgan fingerprint density at radius 3 is 2.94 bits per heavy atom. The maximum absolute atomic E-state index is 11.9. The Labute approximate surface area is 112 Å². The summed E-state index contributed by atoms with van der Waals surface area (Å²) in [6.45, 7) is 5.68. The molecule has 1 aliphatic heterocycles. The van der Waals surface area contributed by atoms with Crippen LogP contribution in [-0.4, -0.2) is 25.7 Å². The van der Waals surface area contributed by atoms with Gasteiger partial charge in [-0.15, -0.1) is 0 Å². The number of hydrogen-bond acceptors (Lipinski definition) is 3. The molecule has 0 radical (unpaired) electrons. The molecule has 2 atom stereocenters. The van der Waals surface area contributed by atoms with Crippen molar-refractivity contribution in [2.75, 3.05) is 19.7 Å². The van der Waals surface area contributed by atoms with Crippen molar-refractivity contribution in [3.05, 3.63) is 34.3 Å². The molecule has 0 saturated carbocycles. The number of benzene rings is 1. The molecule has 2 rings (SSSR count). The molecule has 3 nitrogen and oxygen atoms in total. The van der Waals surface area contributed by atoms with E-state index in [4.69, 9.17) is 16.3 Å². The minimum absolute atomic E-state index is 0.108. The molecule has 1 aromatic rings. The first kappa shape index (κ1) is 13.4. The van der Waals surface area contributed by atoms with Gasteiger partial charge in [-0.3, -0.25) is 4.79 Å². The van der Waals surface area contributed by atoms with E-state index in [-0.39, 0.29) is 17.8 Å². The Morgan fingerprint density at radius 2 is 2.28 bits per heavy atom. The number of carbonyl (C=O) groups is 1. The molecule has 18 heavy (non-hydrogen) atoms. The van der Waals surface area contributed by atoms with E-state index in [1.807, 2.05) is 32.0 Å². The summed E-state index contributed by atoms with van der Waals surface area (Å²) in [6.07, 6.45) is 0. The van der Waals surface area contributed by atoms with Gasteiger partial charge in [-0.05, 0) is 31.0 Å². The normalized spacial score (nSPS) is 23.1. The minimum atomic E-state index is -0.135. The molecule has 4 heteroatoms. The zero-order chi connectivity index (χ0) is 13.1. The van der Waals surface area contributed by atoms with Crippen LogP contribution in [0.3, 0.4) is 0 Å². The largest absolute Gasteiger partial charge is 0.466 e. The van der Waals surface area contributed by atoms with E-state index in [2.05, 4.69) is 5.32 Å². The van der Waals surface area contributed by atoms with Crippen molar-refractivity contribution in [3.8, 4) is 0 Å². The zero-order valence-corrected chi connectivity index (χ0v) is 11.5. The maximum Gasteiger partial charge on any atom is 0.310 e. The number of rotatable bonds is 3. The highest BCUT2D eigenvalue weighted by molar-refractivity contribution is 6.31. The molecule has 1 fully saturated rings. The van der Waals surface area contributed by atoms with Crippen molar-refractivity contribution < 1.29 is 9.53 Å². The van der Waals surface area contributed by atoms with Crippen molar-refractivity contribution in [2.45, 2.75) is 19.8 Å². The van der Waals surface area contributed by atoms with Gasteiger partial charge >= 0.3 is 5.97 Å². The van der Waals surface area contributed by atoms with Crippen LogP contribution >= 0.6 is 11.6 Å². The summed E-state index contributed by atoms with van der Waals surface area (Å²) in [6, 6.07) is 5.99. The van der Waals surface area contributed by atoms with Gasteiger partial charge in [0.25, 0.3) is 0 Å². The summed E-state index contributed by atoms with van der Waals surface area (Å²) >= 11 is 6.28. The molecule has 0 spiro atoms. The third-order valence-corrected chi connectivity index (χ3v) is 3.69. The fourth-order valence-corrected chi connectivity index (χ4v) is 2.81. The fourth-order valence-electron chi connectivity index (χ4n) is 2.44.